The summed E-state index contributed by atoms with van der Waals surface area (Å²) in [6.45, 7) is 2.13. The van der Waals surface area contributed by atoms with Gasteiger partial charge in [0.25, 0.3) is 0 Å². The fourth-order valence-electron chi connectivity index (χ4n) is 1.97. The second-order valence-corrected chi connectivity index (χ2v) is 6.83. The summed E-state index contributed by atoms with van der Waals surface area (Å²) in [5.41, 5.74) is 1.33. The van der Waals surface area contributed by atoms with Crippen molar-refractivity contribution in [1.82, 2.24) is 0 Å². The zero-order valence-corrected chi connectivity index (χ0v) is 12.0. The Morgan fingerprint density at radius 3 is 2.11 bits per heavy atom. The molecule has 0 atom stereocenters. The summed E-state index contributed by atoms with van der Waals surface area (Å²) in [6.07, 6.45) is 0. The number of fused-ring (bicyclic) bond motifs is 1. The second-order valence-electron chi connectivity index (χ2n) is 4.42. The van der Waals surface area contributed by atoms with E-state index in [0.29, 0.717) is 15.0 Å². The van der Waals surface area contributed by atoms with Crippen LogP contribution in [0.2, 0.25) is 0 Å². The summed E-state index contributed by atoms with van der Waals surface area (Å²) >= 11 is 0.401. The molecule has 0 aliphatic carbocycles. The van der Waals surface area contributed by atoms with E-state index >= 15 is 0 Å². The van der Waals surface area contributed by atoms with Crippen molar-refractivity contribution in [2.24, 2.45) is 0 Å². The van der Waals surface area contributed by atoms with Crippen molar-refractivity contribution in [2.75, 3.05) is 0 Å². The monoisotopic (exact) mass is 298 g/mol. The maximum absolute atomic E-state index is 2.31. The van der Waals surface area contributed by atoms with Gasteiger partial charge in [-0.05, 0) is 0 Å². The molecule has 0 aliphatic rings. The Morgan fingerprint density at radius 2 is 1.33 bits per heavy atom. The molecule has 0 fully saturated rings. The van der Waals surface area contributed by atoms with Crippen LogP contribution in [0, 0.1) is 6.92 Å². The Hall–Kier alpha value is -1.56. The standard InChI is InChI=1S/C17H14Se/c1-13-6-9-16(10-7-13)18-17-11-8-14-4-2-3-5-15(14)12-17/h2-12H,1H3. The molecule has 18 heavy (non-hydrogen) atoms. The van der Waals surface area contributed by atoms with E-state index in [-0.39, 0.29) is 0 Å². The summed E-state index contributed by atoms with van der Waals surface area (Å²) in [5.74, 6) is 0. The third-order valence-corrected chi connectivity index (χ3v) is 5.07. The average molecular weight is 297 g/mol. The van der Waals surface area contributed by atoms with Crippen LogP contribution in [0.5, 0.6) is 0 Å². The van der Waals surface area contributed by atoms with Gasteiger partial charge < -0.3 is 0 Å². The Morgan fingerprint density at radius 1 is 0.667 bits per heavy atom. The molecule has 3 aromatic carbocycles. The average Bonchev–Trinajstić information content (AvgIpc) is 2.41. The molecule has 0 radical (unpaired) electrons. The molecule has 0 aromatic heterocycles. The minimum absolute atomic E-state index is 0.401. The first-order chi connectivity index (χ1) is 8.81. The van der Waals surface area contributed by atoms with Crippen LogP contribution in [-0.2, 0) is 0 Å². The van der Waals surface area contributed by atoms with E-state index in [9.17, 15) is 0 Å². The third-order valence-electron chi connectivity index (χ3n) is 2.98. The summed E-state index contributed by atoms with van der Waals surface area (Å²) in [4.78, 5) is 0. The van der Waals surface area contributed by atoms with Crippen molar-refractivity contribution in [1.29, 1.82) is 0 Å². The molecule has 0 saturated carbocycles. The van der Waals surface area contributed by atoms with E-state index in [1.165, 1.54) is 25.3 Å². The predicted molar refractivity (Wildman–Crippen MR) is 80.1 cm³/mol. The number of hydrogen-bond acceptors (Lipinski definition) is 0. The summed E-state index contributed by atoms with van der Waals surface area (Å²) in [5, 5.41) is 2.66. The molecule has 0 aliphatic heterocycles. The number of benzene rings is 3. The van der Waals surface area contributed by atoms with Crippen LogP contribution in [0.3, 0.4) is 0 Å². The van der Waals surface area contributed by atoms with Gasteiger partial charge in [0.05, 0.1) is 0 Å². The Bertz CT molecular complexity index is 669. The van der Waals surface area contributed by atoms with Crippen LogP contribution < -0.4 is 8.92 Å². The molecule has 0 unspecified atom stereocenters. The SMILES string of the molecule is Cc1ccc([Se]c2ccc3ccccc3c2)cc1. The fourth-order valence-corrected chi connectivity index (χ4v) is 3.79. The van der Waals surface area contributed by atoms with Crippen LogP contribution >= 0.6 is 0 Å². The van der Waals surface area contributed by atoms with Gasteiger partial charge in [-0.2, -0.15) is 0 Å². The van der Waals surface area contributed by atoms with E-state index in [1.54, 1.807) is 0 Å². The van der Waals surface area contributed by atoms with Crippen molar-refractivity contribution in [3.63, 3.8) is 0 Å². The van der Waals surface area contributed by atoms with E-state index < -0.39 is 0 Å². The van der Waals surface area contributed by atoms with Crippen molar-refractivity contribution < 1.29 is 0 Å². The van der Waals surface area contributed by atoms with Crippen LogP contribution in [0.1, 0.15) is 5.56 Å². The van der Waals surface area contributed by atoms with E-state index in [0.717, 1.165) is 0 Å². The topological polar surface area (TPSA) is 0 Å². The van der Waals surface area contributed by atoms with Gasteiger partial charge in [0.2, 0.25) is 0 Å². The quantitative estimate of drug-likeness (QED) is 0.638. The second kappa shape index (κ2) is 4.97. The van der Waals surface area contributed by atoms with E-state index in [2.05, 4.69) is 73.7 Å². The third kappa shape index (κ3) is 2.48. The van der Waals surface area contributed by atoms with Crippen molar-refractivity contribution in [3.05, 3.63) is 72.3 Å². The zero-order chi connectivity index (χ0) is 12.4. The molecule has 0 spiro atoms. The van der Waals surface area contributed by atoms with Gasteiger partial charge in [-0.3, -0.25) is 0 Å². The minimum atomic E-state index is 0.401. The molecule has 0 nitrogen and oxygen atoms in total. The fraction of sp³-hybridized carbons (Fsp3) is 0.0588. The molecule has 0 amide bonds. The van der Waals surface area contributed by atoms with Crippen LogP contribution in [0.25, 0.3) is 10.8 Å². The molecule has 3 rings (SSSR count). The van der Waals surface area contributed by atoms with Crippen molar-refractivity contribution in [2.45, 2.75) is 6.92 Å². The molecular formula is C17H14Se. The van der Waals surface area contributed by atoms with Gasteiger partial charge in [-0.15, -0.1) is 0 Å². The van der Waals surface area contributed by atoms with Crippen LogP contribution in [0.4, 0.5) is 0 Å². The Balaban J connectivity index is 1.92. The zero-order valence-electron chi connectivity index (χ0n) is 10.3. The first-order valence-corrected chi connectivity index (χ1v) is 7.76. The molecule has 0 heterocycles. The summed E-state index contributed by atoms with van der Waals surface area (Å²) < 4.78 is 2.87. The molecule has 88 valence electrons. The predicted octanol–water partition coefficient (Wildman–Crippen LogP) is 2.80. The van der Waals surface area contributed by atoms with Crippen molar-refractivity contribution in [3.8, 4) is 0 Å². The number of aryl methyl sites for hydroxylation is 1. The van der Waals surface area contributed by atoms with Gasteiger partial charge >= 0.3 is 114 Å². The molecule has 3 aromatic rings. The van der Waals surface area contributed by atoms with Crippen molar-refractivity contribution >= 4 is 34.7 Å². The van der Waals surface area contributed by atoms with Gasteiger partial charge in [0, 0.05) is 0 Å². The summed E-state index contributed by atoms with van der Waals surface area (Å²) in [6, 6.07) is 24.2. The Labute approximate surface area is 114 Å². The Kier molecular flexibility index (Phi) is 3.18. The molecule has 0 saturated heterocycles. The molecular weight excluding hydrogens is 283 g/mol. The van der Waals surface area contributed by atoms with E-state index in [1.807, 2.05) is 0 Å². The normalized spacial score (nSPS) is 10.7. The van der Waals surface area contributed by atoms with Gasteiger partial charge in [0.15, 0.2) is 0 Å². The van der Waals surface area contributed by atoms with Crippen LogP contribution in [0.15, 0.2) is 66.7 Å². The number of hydrogen-bond donors (Lipinski definition) is 0. The first kappa shape index (κ1) is 11.5. The summed E-state index contributed by atoms with van der Waals surface area (Å²) in [7, 11) is 0. The van der Waals surface area contributed by atoms with Gasteiger partial charge in [-0.1, -0.05) is 0 Å². The molecule has 0 bridgehead atoms. The van der Waals surface area contributed by atoms with E-state index in [4.69, 9.17) is 0 Å². The molecule has 1 heteroatoms. The maximum atomic E-state index is 2.31. The molecule has 0 N–H and O–H groups in total. The van der Waals surface area contributed by atoms with Gasteiger partial charge in [0.1, 0.15) is 0 Å². The number of rotatable bonds is 2. The first-order valence-electron chi connectivity index (χ1n) is 6.04. The van der Waals surface area contributed by atoms with Gasteiger partial charge in [-0.25, -0.2) is 0 Å². The van der Waals surface area contributed by atoms with Crippen LogP contribution in [-0.4, -0.2) is 15.0 Å².